The minimum absolute atomic E-state index is 0.00726. The van der Waals surface area contributed by atoms with Crippen LogP contribution < -0.4 is 14.8 Å². The predicted octanol–water partition coefficient (Wildman–Crippen LogP) is 1.47. The third kappa shape index (κ3) is 2.66. The average molecular weight is 357 g/mol. The van der Waals surface area contributed by atoms with E-state index in [9.17, 15) is 0 Å². The van der Waals surface area contributed by atoms with E-state index in [1.165, 1.54) is 0 Å². The molecule has 4 atom stereocenters. The number of nitrogens with one attached hydrogen (secondary N) is 1. The second-order valence-electron chi connectivity index (χ2n) is 6.45. The van der Waals surface area contributed by atoms with Crippen molar-refractivity contribution in [2.75, 3.05) is 32.4 Å². The van der Waals surface area contributed by atoms with Gasteiger partial charge in [-0.15, -0.1) is 0 Å². The first-order valence-electron chi connectivity index (χ1n) is 8.57. The first-order chi connectivity index (χ1) is 12.8. The Labute approximate surface area is 150 Å². The van der Waals surface area contributed by atoms with Crippen molar-refractivity contribution >= 4 is 5.95 Å². The molecule has 0 aliphatic carbocycles. The molecule has 2 aromatic rings. The molecule has 0 saturated carbocycles. The van der Waals surface area contributed by atoms with E-state index in [0.717, 1.165) is 22.8 Å². The normalized spacial score (nSPS) is 29.0. The van der Waals surface area contributed by atoms with Crippen molar-refractivity contribution in [3.8, 4) is 22.8 Å². The molecule has 0 amide bonds. The van der Waals surface area contributed by atoms with Crippen LogP contribution in [0.15, 0.2) is 30.5 Å². The Balaban J connectivity index is 1.34. The van der Waals surface area contributed by atoms with Crippen LogP contribution in [-0.2, 0) is 14.2 Å². The second-order valence-corrected chi connectivity index (χ2v) is 6.45. The molecule has 2 fully saturated rings. The van der Waals surface area contributed by atoms with Crippen molar-refractivity contribution in [2.45, 2.75) is 24.4 Å². The Morgan fingerprint density at radius 3 is 2.88 bits per heavy atom. The van der Waals surface area contributed by atoms with Gasteiger partial charge in [-0.25, -0.2) is 9.97 Å². The zero-order valence-electron chi connectivity index (χ0n) is 14.3. The van der Waals surface area contributed by atoms with E-state index in [1.807, 2.05) is 24.3 Å². The van der Waals surface area contributed by atoms with Gasteiger partial charge >= 0.3 is 0 Å². The van der Waals surface area contributed by atoms with E-state index in [-0.39, 0.29) is 31.1 Å². The van der Waals surface area contributed by atoms with Crippen LogP contribution in [0.5, 0.6) is 11.5 Å². The highest BCUT2D eigenvalue weighted by molar-refractivity contribution is 5.65. The molecule has 3 aliphatic heterocycles. The standard InChI is InChI=1S/C18H19N3O5/c1-22-15-8-24-16-12(7-23-17(15)16)21-18-19-5-4-11(20-18)10-2-3-13-14(6-10)26-9-25-13/h2-6,12,15-17H,7-9H2,1H3,(H,19,20,21). The maximum absolute atomic E-state index is 5.83. The Hall–Kier alpha value is -2.42. The fraction of sp³-hybridized carbons (Fsp3) is 0.444. The molecule has 136 valence electrons. The monoisotopic (exact) mass is 357 g/mol. The molecule has 4 heterocycles. The van der Waals surface area contributed by atoms with Gasteiger partial charge in [0.05, 0.1) is 24.9 Å². The third-order valence-electron chi connectivity index (χ3n) is 4.95. The van der Waals surface area contributed by atoms with Crippen LogP contribution in [0.2, 0.25) is 0 Å². The van der Waals surface area contributed by atoms with Gasteiger partial charge in [-0.1, -0.05) is 0 Å². The van der Waals surface area contributed by atoms with E-state index < -0.39 is 0 Å². The number of hydrogen-bond donors (Lipinski definition) is 1. The van der Waals surface area contributed by atoms with Crippen LogP contribution in [0.1, 0.15) is 0 Å². The van der Waals surface area contributed by atoms with E-state index in [0.29, 0.717) is 19.2 Å². The highest BCUT2D eigenvalue weighted by Gasteiger charge is 2.48. The molecule has 1 aromatic heterocycles. The number of ether oxygens (including phenoxy) is 5. The van der Waals surface area contributed by atoms with Crippen LogP contribution in [0.25, 0.3) is 11.3 Å². The average Bonchev–Trinajstić information content (AvgIpc) is 3.38. The summed E-state index contributed by atoms with van der Waals surface area (Å²) in [6, 6.07) is 7.62. The molecule has 0 radical (unpaired) electrons. The van der Waals surface area contributed by atoms with E-state index in [1.54, 1.807) is 13.3 Å². The number of anilines is 1. The summed E-state index contributed by atoms with van der Waals surface area (Å²) in [4.78, 5) is 8.96. The molecular weight excluding hydrogens is 338 g/mol. The number of fused-ring (bicyclic) bond motifs is 2. The number of hydrogen-bond acceptors (Lipinski definition) is 8. The highest BCUT2D eigenvalue weighted by atomic mass is 16.7. The lowest BCUT2D eigenvalue weighted by Gasteiger charge is -2.17. The van der Waals surface area contributed by atoms with Gasteiger partial charge in [0.1, 0.15) is 18.3 Å². The summed E-state index contributed by atoms with van der Waals surface area (Å²) < 4.78 is 27.9. The summed E-state index contributed by atoms with van der Waals surface area (Å²) in [6.07, 6.45) is 1.61. The topological polar surface area (TPSA) is 84.0 Å². The molecule has 2 saturated heterocycles. The molecule has 4 unspecified atom stereocenters. The lowest BCUT2D eigenvalue weighted by Crippen LogP contribution is -2.36. The summed E-state index contributed by atoms with van der Waals surface area (Å²) >= 11 is 0. The van der Waals surface area contributed by atoms with Gasteiger partial charge in [0.2, 0.25) is 12.7 Å². The van der Waals surface area contributed by atoms with Crippen molar-refractivity contribution in [3.63, 3.8) is 0 Å². The van der Waals surface area contributed by atoms with Crippen molar-refractivity contribution in [1.82, 2.24) is 9.97 Å². The van der Waals surface area contributed by atoms with E-state index in [2.05, 4.69) is 15.3 Å². The Kier molecular flexibility index (Phi) is 3.88. The fourth-order valence-electron chi connectivity index (χ4n) is 3.60. The third-order valence-corrected chi connectivity index (χ3v) is 4.95. The fourth-order valence-corrected chi connectivity index (χ4v) is 3.60. The minimum atomic E-state index is -0.0576. The maximum Gasteiger partial charge on any atom is 0.231 e. The molecule has 3 aliphatic rings. The molecular formula is C18H19N3O5. The first-order valence-corrected chi connectivity index (χ1v) is 8.57. The first kappa shape index (κ1) is 15.8. The SMILES string of the molecule is COC1COC2C(Nc3nccc(-c4ccc5c(c4)OCO5)n3)COC12. The molecule has 1 N–H and O–H groups in total. The van der Waals surface area contributed by atoms with Crippen molar-refractivity contribution < 1.29 is 23.7 Å². The Morgan fingerprint density at radius 2 is 1.96 bits per heavy atom. The number of benzene rings is 1. The smallest absolute Gasteiger partial charge is 0.231 e. The molecule has 8 nitrogen and oxygen atoms in total. The summed E-state index contributed by atoms with van der Waals surface area (Å²) in [5.41, 5.74) is 1.75. The van der Waals surface area contributed by atoms with Gasteiger partial charge < -0.3 is 29.0 Å². The van der Waals surface area contributed by atoms with Gasteiger partial charge in [-0.2, -0.15) is 0 Å². The summed E-state index contributed by atoms with van der Waals surface area (Å²) in [6.45, 7) is 1.33. The largest absolute Gasteiger partial charge is 0.454 e. The minimum Gasteiger partial charge on any atom is -0.454 e. The Bertz CT molecular complexity index is 817. The summed E-state index contributed by atoms with van der Waals surface area (Å²) in [7, 11) is 1.68. The van der Waals surface area contributed by atoms with Gasteiger partial charge in [0.15, 0.2) is 11.5 Å². The summed E-state index contributed by atoms with van der Waals surface area (Å²) in [5.74, 6) is 2.02. The number of rotatable bonds is 4. The zero-order chi connectivity index (χ0) is 17.5. The van der Waals surface area contributed by atoms with Crippen LogP contribution in [0, 0.1) is 0 Å². The predicted molar refractivity (Wildman–Crippen MR) is 91.3 cm³/mol. The van der Waals surface area contributed by atoms with Crippen LogP contribution in [0.4, 0.5) is 5.95 Å². The van der Waals surface area contributed by atoms with Crippen molar-refractivity contribution in [3.05, 3.63) is 30.5 Å². The van der Waals surface area contributed by atoms with Crippen LogP contribution in [0.3, 0.4) is 0 Å². The number of methoxy groups -OCH3 is 1. The van der Waals surface area contributed by atoms with Gasteiger partial charge in [0.25, 0.3) is 0 Å². The molecule has 1 aromatic carbocycles. The lowest BCUT2D eigenvalue weighted by molar-refractivity contribution is -0.00757. The van der Waals surface area contributed by atoms with Gasteiger partial charge in [0, 0.05) is 18.9 Å². The summed E-state index contributed by atoms with van der Waals surface area (Å²) in [5, 5.41) is 3.34. The molecule has 8 heteroatoms. The highest BCUT2D eigenvalue weighted by Crippen LogP contribution is 2.35. The van der Waals surface area contributed by atoms with Gasteiger partial charge in [-0.3, -0.25) is 0 Å². The second kappa shape index (κ2) is 6.39. The van der Waals surface area contributed by atoms with Crippen molar-refractivity contribution in [1.29, 1.82) is 0 Å². The number of nitrogens with zero attached hydrogens (tertiary/aromatic N) is 2. The molecule has 0 spiro atoms. The van der Waals surface area contributed by atoms with Crippen LogP contribution >= 0.6 is 0 Å². The zero-order valence-corrected chi connectivity index (χ0v) is 14.3. The van der Waals surface area contributed by atoms with Gasteiger partial charge in [-0.05, 0) is 24.3 Å². The molecule has 26 heavy (non-hydrogen) atoms. The maximum atomic E-state index is 5.83. The van der Waals surface area contributed by atoms with Crippen molar-refractivity contribution in [2.24, 2.45) is 0 Å². The molecule has 5 rings (SSSR count). The van der Waals surface area contributed by atoms with E-state index in [4.69, 9.17) is 23.7 Å². The molecule has 0 bridgehead atoms. The van der Waals surface area contributed by atoms with Crippen LogP contribution in [-0.4, -0.2) is 61.4 Å². The quantitative estimate of drug-likeness (QED) is 0.881. The van der Waals surface area contributed by atoms with E-state index >= 15 is 0 Å². The lowest BCUT2D eigenvalue weighted by atomic mass is 10.1. The Morgan fingerprint density at radius 1 is 1.08 bits per heavy atom. The number of aromatic nitrogens is 2.